The van der Waals surface area contributed by atoms with Gasteiger partial charge < -0.3 is 5.11 Å². The van der Waals surface area contributed by atoms with E-state index in [2.05, 4.69) is 4.90 Å². The van der Waals surface area contributed by atoms with Gasteiger partial charge in [0.25, 0.3) is 0 Å². The van der Waals surface area contributed by atoms with Crippen LogP contribution in [-0.4, -0.2) is 35.1 Å². The van der Waals surface area contributed by atoms with Gasteiger partial charge in [0.2, 0.25) is 0 Å². The number of carboxylic acid groups (broad SMARTS) is 1. The smallest absolute Gasteiger partial charge is 0.307 e. The molecule has 2 saturated carbocycles. The predicted molar refractivity (Wildman–Crippen MR) is 75.1 cm³/mol. The van der Waals surface area contributed by atoms with Crippen LogP contribution in [0.5, 0.6) is 0 Å². The molecule has 0 bridgehead atoms. The summed E-state index contributed by atoms with van der Waals surface area (Å²) >= 11 is 0. The molecule has 3 fully saturated rings. The Morgan fingerprint density at radius 1 is 1.00 bits per heavy atom. The number of rotatable bonds is 2. The monoisotopic (exact) mass is 265 g/mol. The predicted octanol–water partition coefficient (Wildman–Crippen LogP) is 3.29. The molecule has 108 valence electrons. The van der Waals surface area contributed by atoms with Crippen molar-refractivity contribution in [3.8, 4) is 0 Å². The molecule has 0 radical (unpaired) electrons. The Kier molecular flexibility index (Phi) is 3.84. The molecule has 2 aliphatic carbocycles. The lowest BCUT2D eigenvalue weighted by atomic mass is 9.71. The fourth-order valence-corrected chi connectivity index (χ4v) is 4.74. The van der Waals surface area contributed by atoms with Gasteiger partial charge in [0.05, 0.1) is 5.92 Å². The van der Waals surface area contributed by atoms with Crippen LogP contribution in [-0.2, 0) is 4.79 Å². The molecule has 1 aliphatic heterocycles. The SMILES string of the molecule is O=C(O)C1CCCN(C2CCC3(CCCC3)CC2)C1. The van der Waals surface area contributed by atoms with Gasteiger partial charge in [0, 0.05) is 12.6 Å². The van der Waals surface area contributed by atoms with Crippen molar-refractivity contribution in [1.82, 2.24) is 4.90 Å². The van der Waals surface area contributed by atoms with Gasteiger partial charge in [0.1, 0.15) is 0 Å². The van der Waals surface area contributed by atoms with Crippen LogP contribution >= 0.6 is 0 Å². The molecular formula is C16H27NO2. The quantitative estimate of drug-likeness (QED) is 0.833. The third-order valence-corrected chi connectivity index (χ3v) is 6.00. The van der Waals surface area contributed by atoms with E-state index in [1.165, 1.54) is 51.4 Å². The molecule has 3 heteroatoms. The topological polar surface area (TPSA) is 40.5 Å². The second kappa shape index (κ2) is 5.43. The van der Waals surface area contributed by atoms with Crippen LogP contribution in [0.2, 0.25) is 0 Å². The largest absolute Gasteiger partial charge is 0.481 e. The molecule has 1 heterocycles. The first-order valence-corrected chi connectivity index (χ1v) is 8.15. The molecule has 3 nitrogen and oxygen atoms in total. The van der Waals surface area contributed by atoms with Crippen molar-refractivity contribution >= 4 is 5.97 Å². The number of likely N-dealkylation sites (tertiary alicyclic amines) is 1. The number of nitrogens with zero attached hydrogens (tertiary/aromatic N) is 1. The van der Waals surface area contributed by atoms with Crippen molar-refractivity contribution < 1.29 is 9.90 Å². The van der Waals surface area contributed by atoms with E-state index in [0.717, 1.165) is 25.9 Å². The van der Waals surface area contributed by atoms with Gasteiger partial charge in [-0.05, 0) is 63.3 Å². The molecular weight excluding hydrogens is 238 g/mol. The zero-order valence-electron chi connectivity index (χ0n) is 11.9. The summed E-state index contributed by atoms with van der Waals surface area (Å²) in [4.78, 5) is 13.7. The maximum absolute atomic E-state index is 11.2. The van der Waals surface area contributed by atoms with Crippen molar-refractivity contribution in [3.05, 3.63) is 0 Å². The standard InChI is InChI=1S/C16H27NO2/c18-15(19)13-4-3-11-17(12-13)14-5-9-16(10-6-14)7-1-2-8-16/h13-14H,1-12H2,(H,18,19). The maximum Gasteiger partial charge on any atom is 0.307 e. The van der Waals surface area contributed by atoms with Gasteiger partial charge in [-0.25, -0.2) is 0 Å². The van der Waals surface area contributed by atoms with E-state index in [-0.39, 0.29) is 5.92 Å². The fourth-order valence-electron chi connectivity index (χ4n) is 4.74. The molecule has 3 rings (SSSR count). The Morgan fingerprint density at radius 2 is 1.68 bits per heavy atom. The van der Waals surface area contributed by atoms with E-state index in [9.17, 15) is 9.90 Å². The van der Waals surface area contributed by atoms with Gasteiger partial charge in [0.15, 0.2) is 0 Å². The molecule has 1 N–H and O–H groups in total. The van der Waals surface area contributed by atoms with Crippen molar-refractivity contribution in [2.75, 3.05) is 13.1 Å². The van der Waals surface area contributed by atoms with E-state index < -0.39 is 5.97 Å². The molecule has 1 saturated heterocycles. The molecule has 1 spiro atoms. The maximum atomic E-state index is 11.2. The van der Waals surface area contributed by atoms with E-state index in [0.29, 0.717) is 11.5 Å². The van der Waals surface area contributed by atoms with E-state index >= 15 is 0 Å². The van der Waals surface area contributed by atoms with Crippen LogP contribution in [0, 0.1) is 11.3 Å². The van der Waals surface area contributed by atoms with Gasteiger partial charge in [-0.15, -0.1) is 0 Å². The van der Waals surface area contributed by atoms with Crippen LogP contribution in [0.3, 0.4) is 0 Å². The Hall–Kier alpha value is -0.570. The highest BCUT2D eigenvalue weighted by Crippen LogP contribution is 2.49. The zero-order valence-corrected chi connectivity index (χ0v) is 11.9. The summed E-state index contributed by atoms with van der Waals surface area (Å²) in [5, 5.41) is 9.20. The van der Waals surface area contributed by atoms with Crippen LogP contribution in [0.15, 0.2) is 0 Å². The summed E-state index contributed by atoms with van der Waals surface area (Å²) in [5.74, 6) is -0.705. The lowest BCUT2D eigenvalue weighted by molar-refractivity contribution is -0.144. The summed E-state index contributed by atoms with van der Waals surface area (Å²) in [6, 6.07) is 0.674. The Labute approximate surface area is 116 Å². The summed E-state index contributed by atoms with van der Waals surface area (Å²) in [5.41, 5.74) is 0.693. The third-order valence-electron chi connectivity index (χ3n) is 6.00. The molecule has 3 aliphatic rings. The van der Waals surface area contributed by atoms with E-state index in [4.69, 9.17) is 0 Å². The van der Waals surface area contributed by atoms with E-state index in [1.54, 1.807) is 0 Å². The fraction of sp³-hybridized carbons (Fsp3) is 0.938. The first-order chi connectivity index (χ1) is 9.19. The summed E-state index contributed by atoms with van der Waals surface area (Å²) in [6.07, 6.45) is 13.2. The zero-order chi connectivity index (χ0) is 13.3. The van der Waals surface area contributed by atoms with E-state index in [1.807, 2.05) is 0 Å². The first-order valence-electron chi connectivity index (χ1n) is 8.15. The van der Waals surface area contributed by atoms with Crippen LogP contribution < -0.4 is 0 Å². The van der Waals surface area contributed by atoms with Gasteiger partial charge >= 0.3 is 5.97 Å². The molecule has 1 unspecified atom stereocenters. The Morgan fingerprint density at radius 3 is 2.32 bits per heavy atom. The molecule has 0 aromatic rings. The van der Waals surface area contributed by atoms with Crippen molar-refractivity contribution in [1.29, 1.82) is 0 Å². The second-order valence-corrected chi connectivity index (χ2v) is 7.11. The average Bonchev–Trinajstić information content (AvgIpc) is 2.88. The summed E-state index contributed by atoms with van der Waals surface area (Å²) in [6.45, 7) is 1.93. The minimum atomic E-state index is -0.590. The molecule has 19 heavy (non-hydrogen) atoms. The highest BCUT2D eigenvalue weighted by atomic mass is 16.4. The first kappa shape index (κ1) is 13.4. The number of hydrogen-bond donors (Lipinski definition) is 1. The highest BCUT2D eigenvalue weighted by molar-refractivity contribution is 5.70. The van der Waals surface area contributed by atoms with Crippen LogP contribution in [0.4, 0.5) is 0 Å². The number of aliphatic carboxylic acids is 1. The van der Waals surface area contributed by atoms with Gasteiger partial charge in [-0.3, -0.25) is 9.69 Å². The van der Waals surface area contributed by atoms with Gasteiger partial charge in [-0.1, -0.05) is 12.8 Å². The van der Waals surface area contributed by atoms with Crippen molar-refractivity contribution in [2.24, 2.45) is 11.3 Å². The molecule has 1 atom stereocenters. The number of carbonyl (C=O) groups is 1. The van der Waals surface area contributed by atoms with Crippen molar-refractivity contribution in [2.45, 2.75) is 70.3 Å². The Bertz CT molecular complexity index is 326. The van der Waals surface area contributed by atoms with Crippen LogP contribution in [0.25, 0.3) is 0 Å². The molecule has 0 aromatic carbocycles. The number of hydrogen-bond acceptors (Lipinski definition) is 2. The normalized spacial score (nSPS) is 32.7. The molecule has 0 amide bonds. The third kappa shape index (κ3) is 2.81. The summed E-state index contributed by atoms with van der Waals surface area (Å²) < 4.78 is 0. The second-order valence-electron chi connectivity index (χ2n) is 7.11. The highest BCUT2D eigenvalue weighted by Gasteiger charge is 2.39. The van der Waals surface area contributed by atoms with Gasteiger partial charge in [-0.2, -0.15) is 0 Å². The summed E-state index contributed by atoms with van der Waals surface area (Å²) in [7, 11) is 0. The van der Waals surface area contributed by atoms with Crippen molar-refractivity contribution in [3.63, 3.8) is 0 Å². The molecule has 0 aromatic heterocycles. The van der Waals surface area contributed by atoms with Crippen LogP contribution in [0.1, 0.15) is 64.2 Å². The number of piperidine rings is 1. The lowest BCUT2D eigenvalue weighted by Crippen LogP contribution is -2.47. The lowest BCUT2D eigenvalue weighted by Gasteiger charge is -2.44. The average molecular weight is 265 g/mol. The Balaban J connectivity index is 1.54. The minimum absolute atomic E-state index is 0.115. The minimum Gasteiger partial charge on any atom is -0.481 e. The number of carboxylic acids is 1.